The molecule has 0 spiro atoms. The average Bonchev–Trinajstić information content (AvgIpc) is 3.03. The van der Waals surface area contributed by atoms with Gasteiger partial charge in [-0.2, -0.15) is 5.10 Å². The van der Waals surface area contributed by atoms with Gasteiger partial charge in [0.2, 0.25) is 5.91 Å². The zero-order chi connectivity index (χ0) is 13.2. The molecule has 0 saturated carbocycles. The lowest BCUT2D eigenvalue weighted by atomic mass is 10.4. The molecule has 0 radical (unpaired) electrons. The number of aromatic nitrogens is 3. The van der Waals surface area contributed by atoms with Crippen LogP contribution >= 0.6 is 0 Å². The Morgan fingerprint density at radius 2 is 2.21 bits per heavy atom. The summed E-state index contributed by atoms with van der Waals surface area (Å²) >= 11 is 0. The summed E-state index contributed by atoms with van der Waals surface area (Å²) in [6.07, 6.45) is 5.71. The summed E-state index contributed by atoms with van der Waals surface area (Å²) in [6.45, 7) is 3.98. The highest BCUT2D eigenvalue weighted by Crippen LogP contribution is 2.14. The first-order valence-electron chi connectivity index (χ1n) is 6.57. The number of rotatable bonds is 3. The molecule has 2 aromatic heterocycles. The van der Waals surface area contributed by atoms with Gasteiger partial charge in [0.1, 0.15) is 5.52 Å². The highest BCUT2D eigenvalue weighted by molar-refractivity contribution is 5.82. The lowest BCUT2D eigenvalue weighted by Gasteiger charge is -2.15. The third-order valence-electron chi connectivity index (χ3n) is 3.38. The fourth-order valence-electron chi connectivity index (χ4n) is 2.42. The maximum atomic E-state index is 12.0. The quantitative estimate of drug-likeness (QED) is 0.895. The van der Waals surface area contributed by atoms with Gasteiger partial charge in [-0.1, -0.05) is 0 Å². The summed E-state index contributed by atoms with van der Waals surface area (Å²) in [6, 6.07) is 1.95. The van der Waals surface area contributed by atoms with E-state index in [2.05, 4.69) is 15.4 Å². The van der Waals surface area contributed by atoms with Crippen LogP contribution in [0.3, 0.4) is 0 Å². The lowest BCUT2D eigenvalue weighted by molar-refractivity contribution is -0.128. The number of aryl methyl sites for hydroxylation is 1. The molecule has 2 aromatic rings. The van der Waals surface area contributed by atoms with E-state index in [1.165, 1.54) is 0 Å². The number of carbonyl (C=O) groups excluding carboxylic acids is 1. The Morgan fingerprint density at radius 1 is 1.42 bits per heavy atom. The first kappa shape index (κ1) is 12.0. The predicted octanol–water partition coefficient (Wildman–Crippen LogP) is 1.07. The molecule has 100 valence electrons. The Morgan fingerprint density at radius 3 is 3.00 bits per heavy atom. The molecule has 0 aromatic carbocycles. The van der Waals surface area contributed by atoms with Gasteiger partial charge < -0.3 is 10.2 Å². The van der Waals surface area contributed by atoms with Gasteiger partial charge >= 0.3 is 0 Å². The second-order valence-corrected chi connectivity index (χ2v) is 4.83. The number of carbonyl (C=O) groups is 1. The molecule has 19 heavy (non-hydrogen) atoms. The zero-order valence-electron chi connectivity index (χ0n) is 11.0. The minimum absolute atomic E-state index is 0.137. The molecule has 1 amide bonds. The van der Waals surface area contributed by atoms with Gasteiger partial charge in [0.25, 0.3) is 0 Å². The first-order chi connectivity index (χ1) is 9.24. The van der Waals surface area contributed by atoms with Crippen molar-refractivity contribution in [2.75, 3.05) is 25.0 Å². The van der Waals surface area contributed by atoms with Gasteiger partial charge in [0, 0.05) is 25.5 Å². The van der Waals surface area contributed by atoms with E-state index < -0.39 is 0 Å². The van der Waals surface area contributed by atoms with Crippen LogP contribution in [-0.2, 0) is 4.79 Å². The largest absolute Gasteiger partial charge is 0.359 e. The van der Waals surface area contributed by atoms with Crippen molar-refractivity contribution in [3.05, 3.63) is 24.2 Å². The molecule has 0 unspecified atom stereocenters. The predicted molar refractivity (Wildman–Crippen MR) is 72.0 cm³/mol. The van der Waals surface area contributed by atoms with Crippen molar-refractivity contribution >= 4 is 17.2 Å². The van der Waals surface area contributed by atoms with Crippen LogP contribution in [0.25, 0.3) is 5.52 Å². The van der Waals surface area contributed by atoms with Crippen molar-refractivity contribution in [3.8, 4) is 0 Å². The van der Waals surface area contributed by atoms with Crippen molar-refractivity contribution in [1.82, 2.24) is 19.5 Å². The van der Waals surface area contributed by atoms with Crippen LogP contribution in [0.5, 0.6) is 0 Å². The van der Waals surface area contributed by atoms with Crippen molar-refractivity contribution in [2.45, 2.75) is 19.8 Å². The van der Waals surface area contributed by atoms with Gasteiger partial charge in [0.15, 0.2) is 5.82 Å². The number of hydrogen-bond donors (Lipinski definition) is 1. The van der Waals surface area contributed by atoms with E-state index in [1.54, 1.807) is 16.9 Å². The first-order valence-corrected chi connectivity index (χ1v) is 6.57. The number of hydrogen-bond acceptors (Lipinski definition) is 4. The molecule has 0 aliphatic carbocycles. The molecule has 0 atom stereocenters. The van der Waals surface area contributed by atoms with Crippen LogP contribution < -0.4 is 5.32 Å². The number of nitrogens with zero attached hydrogens (tertiary/aromatic N) is 4. The highest BCUT2D eigenvalue weighted by atomic mass is 16.2. The van der Waals surface area contributed by atoms with Crippen LogP contribution in [0, 0.1) is 6.92 Å². The van der Waals surface area contributed by atoms with Crippen molar-refractivity contribution in [3.63, 3.8) is 0 Å². The Bertz CT molecular complexity index is 600. The second-order valence-electron chi connectivity index (χ2n) is 4.83. The van der Waals surface area contributed by atoms with E-state index in [9.17, 15) is 4.79 Å². The smallest absolute Gasteiger partial charge is 0.241 e. The van der Waals surface area contributed by atoms with E-state index in [4.69, 9.17) is 0 Å². The van der Waals surface area contributed by atoms with Gasteiger partial charge in [-0.25, -0.2) is 9.50 Å². The summed E-state index contributed by atoms with van der Waals surface area (Å²) in [4.78, 5) is 18.1. The Kier molecular flexibility index (Phi) is 3.06. The Balaban J connectivity index is 1.72. The third-order valence-corrected chi connectivity index (χ3v) is 3.38. The normalized spacial score (nSPS) is 15.1. The maximum absolute atomic E-state index is 12.0. The summed E-state index contributed by atoms with van der Waals surface area (Å²) in [5.74, 6) is 0.841. The Labute approximate surface area is 111 Å². The summed E-state index contributed by atoms with van der Waals surface area (Å²) < 4.78 is 1.77. The van der Waals surface area contributed by atoms with Crippen molar-refractivity contribution in [1.29, 1.82) is 0 Å². The monoisotopic (exact) mass is 259 g/mol. The summed E-state index contributed by atoms with van der Waals surface area (Å²) in [5.41, 5.74) is 1.83. The molecule has 0 bridgehead atoms. The van der Waals surface area contributed by atoms with Crippen LogP contribution in [-0.4, -0.2) is 45.0 Å². The minimum atomic E-state index is 0.137. The Hall–Kier alpha value is -2.11. The molecule has 6 nitrogen and oxygen atoms in total. The minimum Gasteiger partial charge on any atom is -0.359 e. The van der Waals surface area contributed by atoms with E-state index >= 15 is 0 Å². The molecule has 1 aliphatic rings. The molecule has 1 fully saturated rings. The molecule has 3 rings (SSSR count). The van der Waals surface area contributed by atoms with Gasteiger partial charge in [-0.15, -0.1) is 0 Å². The zero-order valence-corrected chi connectivity index (χ0v) is 11.0. The van der Waals surface area contributed by atoms with Crippen molar-refractivity contribution < 1.29 is 4.79 Å². The molecule has 3 heterocycles. The maximum Gasteiger partial charge on any atom is 0.241 e. The van der Waals surface area contributed by atoms with Gasteiger partial charge in [-0.3, -0.25) is 4.79 Å². The van der Waals surface area contributed by atoms with Crippen molar-refractivity contribution in [2.24, 2.45) is 0 Å². The number of nitrogens with one attached hydrogen (secondary N) is 1. The summed E-state index contributed by atoms with van der Waals surface area (Å²) in [7, 11) is 0. The van der Waals surface area contributed by atoms with Gasteiger partial charge in [0.05, 0.1) is 12.2 Å². The number of fused-ring (bicyclic) bond motifs is 1. The summed E-state index contributed by atoms with van der Waals surface area (Å²) in [5, 5.41) is 7.43. The SMILES string of the molecule is Cc1cc2c(NCC(=O)N3CCCC3)nccn2n1. The van der Waals surface area contributed by atoms with Crippen LogP contribution in [0.15, 0.2) is 18.5 Å². The van der Waals surface area contributed by atoms with E-state index in [1.807, 2.05) is 17.9 Å². The second kappa shape index (κ2) is 4.87. The molecular formula is C13H17N5O. The van der Waals surface area contributed by atoms with E-state index in [0.29, 0.717) is 5.82 Å². The number of amides is 1. The standard InChI is InChI=1S/C13H17N5O/c1-10-8-11-13(14-4-7-18(11)16-10)15-9-12(19)17-5-2-3-6-17/h4,7-8H,2-3,5-6,9H2,1H3,(H,14,15). The van der Waals surface area contributed by atoms with Crippen LogP contribution in [0.1, 0.15) is 18.5 Å². The topological polar surface area (TPSA) is 62.5 Å². The van der Waals surface area contributed by atoms with E-state index in [0.717, 1.165) is 37.1 Å². The molecule has 6 heteroatoms. The van der Waals surface area contributed by atoms with Gasteiger partial charge in [-0.05, 0) is 25.8 Å². The molecule has 1 aliphatic heterocycles. The molecular weight excluding hydrogens is 242 g/mol. The molecule has 1 saturated heterocycles. The lowest BCUT2D eigenvalue weighted by Crippen LogP contribution is -2.33. The average molecular weight is 259 g/mol. The number of likely N-dealkylation sites (tertiary alicyclic amines) is 1. The fraction of sp³-hybridized carbons (Fsp3) is 0.462. The third kappa shape index (κ3) is 2.38. The highest BCUT2D eigenvalue weighted by Gasteiger charge is 2.17. The number of anilines is 1. The molecule has 1 N–H and O–H groups in total. The fourth-order valence-corrected chi connectivity index (χ4v) is 2.42. The van der Waals surface area contributed by atoms with Crippen LogP contribution in [0.4, 0.5) is 5.82 Å². The van der Waals surface area contributed by atoms with E-state index in [-0.39, 0.29) is 12.5 Å². The van der Waals surface area contributed by atoms with Crippen LogP contribution in [0.2, 0.25) is 0 Å².